The zero-order chi connectivity index (χ0) is 10.8. The standard InChI is InChI=1S/C9H13ClF3N/c1-14-8(10,9(11,12)13)7-5-3-2-4-6-7/h7H,1-6H2. The Morgan fingerprint density at radius 1 is 1.14 bits per heavy atom. The van der Waals surface area contributed by atoms with Gasteiger partial charge in [-0.15, -0.1) is 0 Å². The number of aliphatic imine (C=N–C) groups is 1. The molecule has 1 nitrogen and oxygen atoms in total. The van der Waals surface area contributed by atoms with E-state index in [1.54, 1.807) is 0 Å². The number of rotatable bonds is 2. The second-order valence-corrected chi connectivity index (χ2v) is 4.24. The lowest BCUT2D eigenvalue weighted by Crippen LogP contribution is -2.45. The minimum Gasteiger partial charge on any atom is -0.269 e. The van der Waals surface area contributed by atoms with Gasteiger partial charge in [-0.1, -0.05) is 30.9 Å². The molecule has 82 valence electrons. The summed E-state index contributed by atoms with van der Waals surface area (Å²) in [6.07, 6.45) is -0.948. The topological polar surface area (TPSA) is 12.4 Å². The van der Waals surface area contributed by atoms with Crippen LogP contribution in [0.5, 0.6) is 0 Å². The largest absolute Gasteiger partial charge is 0.427 e. The van der Waals surface area contributed by atoms with Crippen LogP contribution in [0.25, 0.3) is 0 Å². The fourth-order valence-electron chi connectivity index (χ4n) is 1.94. The van der Waals surface area contributed by atoms with Gasteiger partial charge >= 0.3 is 6.18 Å². The smallest absolute Gasteiger partial charge is 0.269 e. The van der Waals surface area contributed by atoms with E-state index < -0.39 is 17.1 Å². The van der Waals surface area contributed by atoms with E-state index in [1.807, 2.05) is 0 Å². The molecule has 0 saturated heterocycles. The number of nitrogens with zero attached hydrogens (tertiary/aromatic N) is 1. The number of alkyl halides is 4. The Morgan fingerprint density at radius 3 is 2.00 bits per heavy atom. The molecule has 1 rings (SSSR count). The molecule has 1 saturated carbocycles. The van der Waals surface area contributed by atoms with E-state index in [9.17, 15) is 13.2 Å². The third-order valence-electron chi connectivity index (χ3n) is 2.77. The molecule has 0 spiro atoms. The van der Waals surface area contributed by atoms with Gasteiger partial charge in [0.15, 0.2) is 0 Å². The predicted octanol–water partition coefficient (Wildman–Crippen LogP) is 3.76. The van der Waals surface area contributed by atoms with Crippen LogP contribution in [0.2, 0.25) is 0 Å². The molecule has 14 heavy (non-hydrogen) atoms. The maximum absolute atomic E-state index is 12.6. The highest BCUT2D eigenvalue weighted by Gasteiger charge is 2.57. The van der Waals surface area contributed by atoms with Gasteiger partial charge in [-0.05, 0) is 19.6 Å². The number of halogens is 4. The van der Waals surface area contributed by atoms with E-state index in [-0.39, 0.29) is 0 Å². The van der Waals surface area contributed by atoms with Crippen molar-refractivity contribution in [3.63, 3.8) is 0 Å². The molecule has 1 atom stereocenters. The van der Waals surface area contributed by atoms with Crippen molar-refractivity contribution in [2.75, 3.05) is 0 Å². The maximum atomic E-state index is 12.6. The molecule has 0 aliphatic heterocycles. The maximum Gasteiger partial charge on any atom is 0.427 e. The van der Waals surface area contributed by atoms with Gasteiger partial charge in [-0.3, -0.25) is 4.99 Å². The summed E-state index contributed by atoms with van der Waals surface area (Å²) in [5.41, 5.74) is 0. The van der Waals surface area contributed by atoms with Crippen molar-refractivity contribution in [1.82, 2.24) is 0 Å². The van der Waals surface area contributed by atoms with Gasteiger partial charge in [0.2, 0.25) is 5.00 Å². The zero-order valence-electron chi connectivity index (χ0n) is 7.78. The van der Waals surface area contributed by atoms with E-state index in [2.05, 4.69) is 11.7 Å². The molecule has 0 bridgehead atoms. The van der Waals surface area contributed by atoms with Gasteiger partial charge in [0.05, 0.1) is 0 Å². The van der Waals surface area contributed by atoms with Crippen molar-refractivity contribution in [1.29, 1.82) is 0 Å². The molecule has 0 aromatic heterocycles. The SMILES string of the molecule is C=NC(Cl)(C1CCCCC1)C(F)(F)F. The third-order valence-corrected chi connectivity index (χ3v) is 3.42. The van der Waals surface area contributed by atoms with E-state index in [0.717, 1.165) is 19.3 Å². The van der Waals surface area contributed by atoms with Crippen LogP contribution in [0.15, 0.2) is 4.99 Å². The fourth-order valence-corrected chi connectivity index (χ4v) is 2.15. The van der Waals surface area contributed by atoms with E-state index in [0.29, 0.717) is 12.8 Å². The summed E-state index contributed by atoms with van der Waals surface area (Å²) in [4.78, 5) is 0.640. The van der Waals surface area contributed by atoms with Crippen LogP contribution in [-0.2, 0) is 0 Å². The molecule has 0 amide bonds. The summed E-state index contributed by atoms with van der Waals surface area (Å²) < 4.78 is 37.9. The summed E-state index contributed by atoms with van der Waals surface area (Å²) in [6.45, 7) is 2.97. The Kier molecular flexibility index (Phi) is 3.45. The van der Waals surface area contributed by atoms with Gasteiger partial charge < -0.3 is 0 Å². The predicted molar refractivity (Wildman–Crippen MR) is 50.8 cm³/mol. The van der Waals surface area contributed by atoms with Crippen molar-refractivity contribution in [2.24, 2.45) is 10.9 Å². The first kappa shape index (κ1) is 11.8. The number of hydrogen-bond acceptors (Lipinski definition) is 1. The van der Waals surface area contributed by atoms with E-state index >= 15 is 0 Å². The number of hydrogen-bond donors (Lipinski definition) is 0. The fraction of sp³-hybridized carbons (Fsp3) is 0.889. The van der Waals surface area contributed by atoms with Crippen molar-refractivity contribution in [3.8, 4) is 0 Å². The van der Waals surface area contributed by atoms with Crippen molar-refractivity contribution in [2.45, 2.75) is 43.3 Å². The van der Waals surface area contributed by atoms with Gasteiger partial charge in [-0.2, -0.15) is 13.2 Å². The monoisotopic (exact) mass is 227 g/mol. The second kappa shape index (κ2) is 4.09. The molecule has 1 aliphatic rings. The Morgan fingerprint density at radius 2 is 1.64 bits per heavy atom. The van der Waals surface area contributed by atoms with Crippen LogP contribution in [0, 0.1) is 5.92 Å². The molecule has 0 radical (unpaired) electrons. The van der Waals surface area contributed by atoms with Gasteiger partial charge in [0.25, 0.3) is 0 Å². The Labute approximate surface area is 86.3 Å². The Bertz CT molecular complexity index is 211. The molecular weight excluding hydrogens is 215 g/mol. The third kappa shape index (κ3) is 2.05. The first-order valence-electron chi connectivity index (χ1n) is 4.65. The molecule has 1 aliphatic carbocycles. The molecule has 0 N–H and O–H groups in total. The summed E-state index contributed by atoms with van der Waals surface area (Å²) in [6, 6.07) is 0. The van der Waals surface area contributed by atoms with Crippen LogP contribution >= 0.6 is 11.6 Å². The molecule has 5 heteroatoms. The molecular formula is C9H13ClF3N. The molecule has 0 aromatic carbocycles. The van der Waals surface area contributed by atoms with Crippen LogP contribution < -0.4 is 0 Å². The highest BCUT2D eigenvalue weighted by molar-refractivity contribution is 6.24. The highest BCUT2D eigenvalue weighted by atomic mass is 35.5. The summed E-state index contributed by atoms with van der Waals surface area (Å²) >= 11 is 5.52. The van der Waals surface area contributed by atoms with Gasteiger partial charge in [-0.25, -0.2) is 0 Å². The van der Waals surface area contributed by atoms with Gasteiger partial charge in [0, 0.05) is 5.92 Å². The molecule has 0 aromatic rings. The van der Waals surface area contributed by atoms with Crippen molar-refractivity contribution >= 4 is 18.3 Å². The normalized spacial score (nSPS) is 24.3. The van der Waals surface area contributed by atoms with E-state index in [1.165, 1.54) is 0 Å². The molecule has 0 heterocycles. The van der Waals surface area contributed by atoms with Crippen LogP contribution in [0.3, 0.4) is 0 Å². The molecule has 1 fully saturated rings. The summed E-state index contributed by atoms with van der Waals surface area (Å²) in [7, 11) is 0. The lowest BCUT2D eigenvalue weighted by atomic mass is 9.83. The lowest BCUT2D eigenvalue weighted by molar-refractivity contribution is -0.175. The van der Waals surface area contributed by atoms with E-state index in [4.69, 9.17) is 11.6 Å². The average Bonchev–Trinajstić information content (AvgIpc) is 2.16. The molecule has 1 unspecified atom stereocenters. The average molecular weight is 228 g/mol. The quantitative estimate of drug-likeness (QED) is 0.387. The Balaban J connectivity index is 2.82. The summed E-state index contributed by atoms with van der Waals surface area (Å²) in [5.74, 6) is -0.615. The zero-order valence-corrected chi connectivity index (χ0v) is 8.53. The summed E-state index contributed by atoms with van der Waals surface area (Å²) in [5, 5.41) is 0. The van der Waals surface area contributed by atoms with Crippen LogP contribution in [0.4, 0.5) is 13.2 Å². The van der Waals surface area contributed by atoms with Crippen molar-refractivity contribution < 1.29 is 13.2 Å². The van der Waals surface area contributed by atoms with Crippen molar-refractivity contribution in [3.05, 3.63) is 0 Å². The van der Waals surface area contributed by atoms with Crippen LogP contribution in [0.1, 0.15) is 32.1 Å². The highest BCUT2D eigenvalue weighted by Crippen LogP contribution is 2.47. The Hall–Kier alpha value is -0.250. The minimum atomic E-state index is -4.50. The first-order valence-corrected chi connectivity index (χ1v) is 5.03. The van der Waals surface area contributed by atoms with Crippen LogP contribution in [-0.4, -0.2) is 17.9 Å². The van der Waals surface area contributed by atoms with Gasteiger partial charge in [0.1, 0.15) is 0 Å². The lowest BCUT2D eigenvalue weighted by Gasteiger charge is -2.35. The second-order valence-electron chi connectivity index (χ2n) is 3.66. The minimum absolute atomic E-state index is 0.488. The first-order chi connectivity index (χ1) is 6.42.